The van der Waals surface area contributed by atoms with Gasteiger partial charge in [0.05, 0.1) is 11.2 Å². The van der Waals surface area contributed by atoms with Crippen LogP contribution >= 0.6 is 22.9 Å². The number of aromatic nitrogens is 2. The summed E-state index contributed by atoms with van der Waals surface area (Å²) in [5.41, 5.74) is 0.389. The minimum atomic E-state index is -0.596. The zero-order chi connectivity index (χ0) is 19.7. The van der Waals surface area contributed by atoms with Crippen molar-refractivity contribution >= 4 is 44.7 Å². The summed E-state index contributed by atoms with van der Waals surface area (Å²) in [6, 6.07) is 17.1. The lowest BCUT2D eigenvalue weighted by molar-refractivity contribution is -0.116. The van der Waals surface area contributed by atoms with E-state index in [4.69, 9.17) is 11.6 Å². The standard InChI is InChI=1S/C20H14ClN3O3S/c21-13-5-4-8-15(11-13)24-19(26)18-16(9-10-28-18)23(20(24)27)12-17(25)22-14-6-2-1-3-7-14/h1-11H,12H2,(H,22,25). The number of para-hydroxylation sites is 1. The average Bonchev–Trinajstić information content (AvgIpc) is 3.16. The van der Waals surface area contributed by atoms with E-state index in [1.54, 1.807) is 53.9 Å². The van der Waals surface area contributed by atoms with E-state index in [1.165, 1.54) is 22.0 Å². The van der Waals surface area contributed by atoms with Gasteiger partial charge in [-0.2, -0.15) is 0 Å². The molecular weight excluding hydrogens is 398 g/mol. The van der Waals surface area contributed by atoms with E-state index in [0.29, 0.717) is 26.6 Å². The Hall–Kier alpha value is -3.16. The summed E-state index contributed by atoms with van der Waals surface area (Å²) in [5.74, 6) is -0.364. The Labute approximate surface area is 168 Å². The molecule has 2 heterocycles. The normalized spacial score (nSPS) is 10.9. The lowest BCUT2D eigenvalue weighted by atomic mass is 10.3. The molecule has 0 spiro atoms. The molecule has 6 nitrogen and oxygen atoms in total. The summed E-state index contributed by atoms with van der Waals surface area (Å²) in [5, 5.41) is 4.88. The van der Waals surface area contributed by atoms with Crippen LogP contribution in [0.4, 0.5) is 5.69 Å². The number of fused-ring (bicyclic) bond motifs is 1. The summed E-state index contributed by atoms with van der Waals surface area (Å²) in [7, 11) is 0. The van der Waals surface area contributed by atoms with E-state index in [9.17, 15) is 14.4 Å². The lowest BCUT2D eigenvalue weighted by Gasteiger charge is -2.12. The maximum Gasteiger partial charge on any atom is 0.336 e. The van der Waals surface area contributed by atoms with Crippen LogP contribution in [0.15, 0.2) is 75.6 Å². The van der Waals surface area contributed by atoms with E-state index in [-0.39, 0.29) is 12.5 Å². The number of anilines is 1. The quantitative estimate of drug-likeness (QED) is 0.558. The van der Waals surface area contributed by atoms with Crippen LogP contribution in [0.1, 0.15) is 0 Å². The molecule has 28 heavy (non-hydrogen) atoms. The van der Waals surface area contributed by atoms with Crippen molar-refractivity contribution in [2.24, 2.45) is 0 Å². The number of halogens is 1. The monoisotopic (exact) mass is 411 g/mol. The van der Waals surface area contributed by atoms with Crippen molar-refractivity contribution in [2.75, 3.05) is 5.32 Å². The largest absolute Gasteiger partial charge is 0.336 e. The van der Waals surface area contributed by atoms with E-state index >= 15 is 0 Å². The molecule has 0 aliphatic rings. The second kappa shape index (κ2) is 7.46. The Bertz CT molecular complexity index is 1290. The fourth-order valence-corrected chi connectivity index (χ4v) is 3.96. The first-order valence-electron chi connectivity index (χ1n) is 8.38. The minimum absolute atomic E-state index is 0.220. The summed E-state index contributed by atoms with van der Waals surface area (Å²) in [4.78, 5) is 38.5. The molecule has 0 saturated carbocycles. The van der Waals surface area contributed by atoms with Crippen LogP contribution in [0.3, 0.4) is 0 Å². The second-order valence-corrected chi connectivity index (χ2v) is 7.39. The molecule has 0 fully saturated rings. The highest BCUT2D eigenvalue weighted by molar-refractivity contribution is 7.17. The van der Waals surface area contributed by atoms with Gasteiger partial charge in [-0.05, 0) is 41.8 Å². The van der Waals surface area contributed by atoms with Gasteiger partial charge >= 0.3 is 5.69 Å². The van der Waals surface area contributed by atoms with Crippen molar-refractivity contribution in [1.82, 2.24) is 9.13 Å². The van der Waals surface area contributed by atoms with Gasteiger partial charge in [-0.25, -0.2) is 9.36 Å². The minimum Gasteiger partial charge on any atom is -0.325 e. The number of thiophene rings is 1. The summed E-state index contributed by atoms with van der Waals surface area (Å²) in [6.45, 7) is -0.220. The van der Waals surface area contributed by atoms with Crippen molar-refractivity contribution < 1.29 is 4.79 Å². The van der Waals surface area contributed by atoms with Crippen LogP contribution in [-0.4, -0.2) is 15.0 Å². The number of hydrogen-bond donors (Lipinski definition) is 1. The molecule has 0 saturated heterocycles. The molecule has 0 atom stereocenters. The third kappa shape index (κ3) is 3.37. The van der Waals surface area contributed by atoms with Gasteiger partial charge in [0.1, 0.15) is 11.2 Å². The fraction of sp³-hybridized carbons (Fsp3) is 0.0500. The van der Waals surface area contributed by atoms with Gasteiger partial charge in [0.2, 0.25) is 5.91 Å². The molecule has 140 valence electrons. The average molecular weight is 412 g/mol. The molecule has 0 bridgehead atoms. The zero-order valence-corrected chi connectivity index (χ0v) is 16.0. The third-order valence-electron chi connectivity index (χ3n) is 4.18. The molecular formula is C20H14ClN3O3S. The van der Waals surface area contributed by atoms with Gasteiger partial charge < -0.3 is 5.32 Å². The van der Waals surface area contributed by atoms with Gasteiger partial charge in [0.25, 0.3) is 5.56 Å². The van der Waals surface area contributed by atoms with Crippen LogP contribution in [0.25, 0.3) is 15.9 Å². The zero-order valence-electron chi connectivity index (χ0n) is 14.5. The Kier molecular flexibility index (Phi) is 4.85. The van der Waals surface area contributed by atoms with Crippen molar-refractivity contribution in [1.29, 1.82) is 0 Å². The molecule has 2 aromatic carbocycles. The maximum atomic E-state index is 13.1. The van der Waals surface area contributed by atoms with Crippen LogP contribution in [0, 0.1) is 0 Å². The smallest absolute Gasteiger partial charge is 0.325 e. The van der Waals surface area contributed by atoms with Gasteiger partial charge in [-0.3, -0.25) is 14.2 Å². The van der Waals surface area contributed by atoms with Crippen LogP contribution in [0.2, 0.25) is 5.02 Å². The predicted molar refractivity (Wildman–Crippen MR) is 112 cm³/mol. The maximum absolute atomic E-state index is 13.1. The first kappa shape index (κ1) is 18.2. The van der Waals surface area contributed by atoms with E-state index in [1.807, 2.05) is 6.07 Å². The highest BCUT2D eigenvalue weighted by Gasteiger charge is 2.17. The van der Waals surface area contributed by atoms with Crippen LogP contribution in [-0.2, 0) is 11.3 Å². The molecule has 2 aromatic heterocycles. The fourth-order valence-electron chi connectivity index (χ4n) is 2.95. The number of amides is 1. The lowest BCUT2D eigenvalue weighted by Crippen LogP contribution is -2.40. The molecule has 4 rings (SSSR count). The van der Waals surface area contributed by atoms with E-state index in [2.05, 4.69) is 5.32 Å². The SMILES string of the molecule is O=C(Cn1c(=O)n(-c2cccc(Cl)c2)c(=O)c2sccc21)Nc1ccccc1. The van der Waals surface area contributed by atoms with Crippen molar-refractivity contribution in [2.45, 2.75) is 6.54 Å². The molecule has 0 unspecified atom stereocenters. The Morgan fingerprint density at radius 1 is 1.04 bits per heavy atom. The van der Waals surface area contributed by atoms with Gasteiger partial charge in [-0.15, -0.1) is 11.3 Å². The summed E-state index contributed by atoms with van der Waals surface area (Å²) in [6.07, 6.45) is 0. The molecule has 4 aromatic rings. The van der Waals surface area contributed by atoms with E-state index < -0.39 is 11.2 Å². The molecule has 8 heteroatoms. The highest BCUT2D eigenvalue weighted by Crippen LogP contribution is 2.18. The predicted octanol–water partition coefficient (Wildman–Crippen LogP) is 3.51. The number of nitrogens with zero attached hydrogens (tertiary/aromatic N) is 2. The topological polar surface area (TPSA) is 73.1 Å². The Balaban J connectivity index is 1.82. The number of carbonyl (C=O) groups excluding carboxylic acids is 1. The Morgan fingerprint density at radius 3 is 2.57 bits per heavy atom. The number of nitrogens with one attached hydrogen (secondary N) is 1. The highest BCUT2D eigenvalue weighted by atomic mass is 35.5. The van der Waals surface area contributed by atoms with Gasteiger partial charge in [-0.1, -0.05) is 35.9 Å². The molecule has 0 aliphatic heterocycles. The summed E-state index contributed by atoms with van der Waals surface area (Å²) >= 11 is 7.25. The first-order valence-corrected chi connectivity index (χ1v) is 9.64. The Morgan fingerprint density at radius 2 is 1.82 bits per heavy atom. The third-order valence-corrected chi connectivity index (χ3v) is 5.31. The molecule has 1 N–H and O–H groups in total. The molecule has 0 radical (unpaired) electrons. The number of benzene rings is 2. The second-order valence-electron chi connectivity index (χ2n) is 6.04. The number of carbonyl (C=O) groups is 1. The van der Waals surface area contributed by atoms with Crippen LogP contribution in [0.5, 0.6) is 0 Å². The van der Waals surface area contributed by atoms with E-state index in [0.717, 1.165) is 4.57 Å². The number of rotatable bonds is 4. The van der Waals surface area contributed by atoms with Gasteiger partial charge in [0.15, 0.2) is 0 Å². The molecule has 0 aliphatic carbocycles. The molecule has 1 amide bonds. The van der Waals surface area contributed by atoms with Crippen molar-refractivity contribution in [3.05, 3.63) is 91.9 Å². The van der Waals surface area contributed by atoms with Crippen molar-refractivity contribution in [3.8, 4) is 5.69 Å². The summed E-state index contributed by atoms with van der Waals surface area (Å²) < 4.78 is 2.74. The first-order chi connectivity index (χ1) is 13.5. The number of hydrogen-bond acceptors (Lipinski definition) is 4. The van der Waals surface area contributed by atoms with Crippen molar-refractivity contribution in [3.63, 3.8) is 0 Å². The van der Waals surface area contributed by atoms with Crippen LogP contribution < -0.4 is 16.6 Å². The van der Waals surface area contributed by atoms with Gasteiger partial charge in [0, 0.05) is 10.7 Å².